The Kier molecular flexibility index (Phi) is 8.65. The first kappa shape index (κ1) is 21.7. The lowest BCUT2D eigenvalue weighted by molar-refractivity contribution is -0.129. The molecule has 1 aliphatic rings. The number of thiazole rings is 1. The highest BCUT2D eigenvalue weighted by Crippen LogP contribution is 2.26. The number of carbonyl (C=O) groups is 1. The highest BCUT2D eigenvalue weighted by atomic mass is 35.5. The fraction of sp³-hybridized carbons (Fsp3) is 0.412. The van der Waals surface area contributed by atoms with E-state index in [0.717, 1.165) is 35.0 Å². The zero-order chi connectivity index (χ0) is 16.2. The molecule has 1 aliphatic heterocycles. The first-order valence-corrected chi connectivity index (χ1v) is 8.74. The maximum absolute atomic E-state index is 12.2. The molecule has 1 aromatic heterocycles. The van der Waals surface area contributed by atoms with Gasteiger partial charge >= 0.3 is 0 Å². The summed E-state index contributed by atoms with van der Waals surface area (Å²) in [5.41, 5.74) is 7.72. The second-order valence-corrected chi connectivity index (χ2v) is 6.52. The van der Waals surface area contributed by atoms with Gasteiger partial charge in [0.2, 0.25) is 5.91 Å². The number of likely N-dealkylation sites (tertiary alicyclic amines) is 1. The van der Waals surface area contributed by atoms with Crippen LogP contribution in [0.3, 0.4) is 0 Å². The summed E-state index contributed by atoms with van der Waals surface area (Å²) in [7, 11) is 0. The number of rotatable bonds is 5. The number of hydrogen-bond donors (Lipinski definition) is 1. The summed E-state index contributed by atoms with van der Waals surface area (Å²) in [4.78, 5) is 18.7. The van der Waals surface area contributed by atoms with E-state index in [-0.39, 0.29) is 36.8 Å². The third kappa shape index (κ3) is 5.57. The van der Waals surface area contributed by atoms with Gasteiger partial charge in [0.1, 0.15) is 10.8 Å². The number of carbonyl (C=O) groups excluding carboxylic acids is 1. The minimum Gasteiger partial charge on any atom is -0.494 e. The zero-order valence-corrected chi connectivity index (χ0v) is 16.5. The minimum atomic E-state index is 0. The molecule has 0 aliphatic carbocycles. The monoisotopic (exact) mass is 403 g/mol. The standard InChI is InChI=1S/C17H21N3O2S.2ClH/c1-2-22-15-5-3-12(4-6-15)17-19-14(11-23-17)9-16(21)20-8-7-13(18)10-20;;/h3-6,11,13H,2,7-10,18H2,1H3;2*1H/t13-;;/m1../s1. The largest absolute Gasteiger partial charge is 0.494 e. The Hall–Kier alpha value is -1.34. The molecule has 0 bridgehead atoms. The van der Waals surface area contributed by atoms with Crippen molar-refractivity contribution in [2.45, 2.75) is 25.8 Å². The first-order chi connectivity index (χ1) is 11.2. The van der Waals surface area contributed by atoms with Gasteiger partial charge in [0.05, 0.1) is 18.7 Å². The molecule has 138 valence electrons. The average Bonchev–Trinajstić information content (AvgIpc) is 3.18. The van der Waals surface area contributed by atoms with E-state index in [0.29, 0.717) is 19.6 Å². The molecular weight excluding hydrogens is 381 g/mol. The second kappa shape index (κ2) is 9.97. The van der Waals surface area contributed by atoms with Crippen molar-refractivity contribution in [2.24, 2.45) is 5.73 Å². The summed E-state index contributed by atoms with van der Waals surface area (Å²) in [5.74, 6) is 0.968. The van der Waals surface area contributed by atoms with E-state index >= 15 is 0 Å². The van der Waals surface area contributed by atoms with Crippen LogP contribution in [0, 0.1) is 0 Å². The molecule has 25 heavy (non-hydrogen) atoms. The molecule has 1 amide bonds. The van der Waals surface area contributed by atoms with Crippen LogP contribution in [0.15, 0.2) is 29.6 Å². The third-order valence-corrected chi connectivity index (χ3v) is 4.81. The maximum Gasteiger partial charge on any atom is 0.228 e. The number of ether oxygens (including phenoxy) is 1. The smallest absolute Gasteiger partial charge is 0.228 e. The van der Waals surface area contributed by atoms with Crippen molar-refractivity contribution in [3.63, 3.8) is 0 Å². The Labute approximate surface area is 164 Å². The molecular formula is C17H23Cl2N3O2S. The molecule has 0 radical (unpaired) electrons. The molecule has 1 saturated heterocycles. The SMILES string of the molecule is CCOc1ccc(-c2nc(CC(=O)N3CC[C@@H](N)C3)cs2)cc1.Cl.Cl. The van der Waals surface area contributed by atoms with Crippen molar-refractivity contribution < 1.29 is 9.53 Å². The molecule has 1 atom stereocenters. The number of benzene rings is 1. The summed E-state index contributed by atoms with van der Waals surface area (Å²) in [6.07, 6.45) is 1.24. The van der Waals surface area contributed by atoms with Crippen molar-refractivity contribution >= 4 is 42.1 Å². The average molecular weight is 404 g/mol. The van der Waals surface area contributed by atoms with Crippen LogP contribution >= 0.6 is 36.2 Å². The van der Waals surface area contributed by atoms with Crippen LogP contribution in [-0.2, 0) is 11.2 Å². The molecule has 2 heterocycles. The van der Waals surface area contributed by atoms with Crippen LogP contribution < -0.4 is 10.5 Å². The maximum atomic E-state index is 12.2. The minimum absolute atomic E-state index is 0. The van der Waals surface area contributed by atoms with Gasteiger partial charge in [-0.1, -0.05) is 0 Å². The van der Waals surface area contributed by atoms with Gasteiger partial charge in [-0.15, -0.1) is 36.2 Å². The number of nitrogens with two attached hydrogens (primary N) is 1. The van der Waals surface area contributed by atoms with Crippen LogP contribution in [0.25, 0.3) is 10.6 Å². The normalized spacial score (nSPS) is 16.1. The molecule has 2 aromatic rings. The van der Waals surface area contributed by atoms with Crippen LogP contribution in [0.1, 0.15) is 19.0 Å². The molecule has 5 nitrogen and oxygen atoms in total. The van der Waals surface area contributed by atoms with Crippen molar-refractivity contribution in [2.75, 3.05) is 19.7 Å². The third-order valence-electron chi connectivity index (χ3n) is 3.87. The molecule has 0 spiro atoms. The molecule has 1 aromatic carbocycles. The van der Waals surface area contributed by atoms with Gasteiger partial charge in [0, 0.05) is 30.1 Å². The Morgan fingerprint density at radius 1 is 1.36 bits per heavy atom. The Balaban J connectivity index is 0.00000156. The van der Waals surface area contributed by atoms with Gasteiger partial charge in [-0.25, -0.2) is 4.98 Å². The zero-order valence-electron chi connectivity index (χ0n) is 14.0. The molecule has 2 N–H and O–H groups in total. The predicted molar refractivity (Wildman–Crippen MR) is 106 cm³/mol. The van der Waals surface area contributed by atoms with Gasteiger partial charge < -0.3 is 15.4 Å². The van der Waals surface area contributed by atoms with Crippen LogP contribution in [0.5, 0.6) is 5.75 Å². The van der Waals surface area contributed by atoms with Gasteiger partial charge in [0.15, 0.2) is 0 Å². The van der Waals surface area contributed by atoms with Gasteiger partial charge in [0.25, 0.3) is 0 Å². The van der Waals surface area contributed by atoms with Crippen molar-refractivity contribution in [1.82, 2.24) is 9.88 Å². The number of halogens is 2. The summed E-state index contributed by atoms with van der Waals surface area (Å²) >= 11 is 1.56. The van der Waals surface area contributed by atoms with Crippen molar-refractivity contribution in [1.29, 1.82) is 0 Å². The van der Waals surface area contributed by atoms with E-state index in [1.54, 1.807) is 11.3 Å². The van der Waals surface area contributed by atoms with E-state index in [4.69, 9.17) is 10.5 Å². The summed E-state index contributed by atoms with van der Waals surface area (Å²) in [5, 5.41) is 2.88. The fourth-order valence-corrected chi connectivity index (χ4v) is 3.49. The topological polar surface area (TPSA) is 68.5 Å². The highest BCUT2D eigenvalue weighted by molar-refractivity contribution is 7.13. The predicted octanol–water partition coefficient (Wildman–Crippen LogP) is 3.15. The summed E-state index contributed by atoms with van der Waals surface area (Å²) in [6, 6.07) is 7.99. The van der Waals surface area contributed by atoms with Crippen LogP contribution in [0.2, 0.25) is 0 Å². The molecule has 8 heteroatoms. The molecule has 0 saturated carbocycles. The van der Waals surface area contributed by atoms with E-state index in [1.807, 2.05) is 41.5 Å². The number of amides is 1. The Morgan fingerprint density at radius 3 is 2.68 bits per heavy atom. The van der Waals surface area contributed by atoms with Crippen LogP contribution in [-0.4, -0.2) is 41.5 Å². The second-order valence-electron chi connectivity index (χ2n) is 5.67. The number of aromatic nitrogens is 1. The van der Waals surface area contributed by atoms with Gasteiger partial charge in [-0.05, 0) is 37.6 Å². The van der Waals surface area contributed by atoms with Gasteiger partial charge in [-0.3, -0.25) is 4.79 Å². The van der Waals surface area contributed by atoms with Crippen molar-refractivity contribution in [3.05, 3.63) is 35.3 Å². The van der Waals surface area contributed by atoms with Crippen LogP contribution in [0.4, 0.5) is 0 Å². The van der Waals surface area contributed by atoms with E-state index in [2.05, 4.69) is 4.98 Å². The lowest BCUT2D eigenvalue weighted by atomic mass is 10.2. The molecule has 0 unspecified atom stereocenters. The molecule has 3 rings (SSSR count). The van der Waals surface area contributed by atoms with Crippen molar-refractivity contribution in [3.8, 4) is 16.3 Å². The summed E-state index contributed by atoms with van der Waals surface area (Å²) in [6.45, 7) is 4.04. The first-order valence-electron chi connectivity index (χ1n) is 7.86. The fourth-order valence-electron chi connectivity index (χ4n) is 2.66. The lowest BCUT2D eigenvalue weighted by Gasteiger charge is -2.14. The van der Waals surface area contributed by atoms with E-state index < -0.39 is 0 Å². The summed E-state index contributed by atoms with van der Waals surface area (Å²) < 4.78 is 5.44. The number of hydrogen-bond acceptors (Lipinski definition) is 5. The quantitative estimate of drug-likeness (QED) is 0.831. The van der Waals surface area contributed by atoms with E-state index in [1.165, 1.54) is 0 Å². The highest BCUT2D eigenvalue weighted by Gasteiger charge is 2.24. The Bertz CT molecular complexity index is 679. The lowest BCUT2D eigenvalue weighted by Crippen LogP contribution is -2.32. The molecule has 1 fully saturated rings. The number of nitrogens with zero attached hydrogens (tertiary/aromatic N) is 2. The Morgan fingerprint density at radius 2 is 2.08 bits per heavy atom. The van der Waals surface area contributed by atoms with E-state index in [9.17, 15) is 4.79 Å². The van der Waals surface area contributed by atoms with Gasteiger partial charge in [-0.2, -0.15) is 0 Å².